The molecular formula is C18H17Cl2FN4O3S. The highest BCUT2D eigenvalue weighted by Gasteiger charge is 2.26. The van der Waals surface area contributed by atoms with Gasteiger partial charge in [-0.05, 0) is 50.2 Å². The maximum absolute atomic E-state index is 13.1. The second kappa shape index (κ2) is 8.66. The molecule has 0 aliphatic heterocycles. The number of hydrogen-bond acceptors (Lipinski definition) is 5. The quantitative estimate of drug-likeness (QED) is 0.559. The van der Waals surface area contributed by atoms with Crippen molar-refractivity contribution >= 4 is 33.2 Å². The van der Waals surface area contributed by atoms with E-state index in [-0.39, 0.29) is 21.0 Å². The van der Waals surface area contributed by atoms with Gasteiger partial charge in [-0.2, -0.15) is 0 Å². The number of rotatable bonds is 7. The number of nitrogens with one attached hydrogen (secondary N) is 1. The molecule has 29 heavy (non-hydrogen) atoms. The van der Waals surface area contributed by atoms with Crippen molar-refractivity contribution in [1.29, 1.82) is 0 Å². The predicted molar refractivity (Wildman–Crippen MR) is 107 cm³/mol. The van der Waals surface area contributed by atoms with Crippen molar-refractivity contribution in [2.75, 3.05) is 0 Å². The van der Waals surface area contributed by atoms with E-state index in [1.807, 2.05) is 6.92 Å². The molecule has 0 unspecified atom stereocenters. The maximum Gasteiger partial charge on any atom is 0.322 e. The minimum absolute atomic E-state index is 0.0637. The van der Waals surface area contributed by atoms with Crippen LogP contribution in [0.15, 0.2) is 47.4 Å². The highest BCUT2D eigenvalue weighted by molar-refractivity contribution is 7.89. The number of hydrogen-bond donors (Lipinski definition) is 1. The first-order chi connectivity index (χ1) is 13.7. The normalized spacial score (nSPS) is 12.7. The Bertz CT molecular complexity index is 1120. The third kappa shape index (κ3) is 4.69. The molecule has 0 aliphatic carbocycles. The summed E-state index contributed by atoms with van der Waals surface area (Å²) in [5, 5.41) is 8.09. The fourth-order valence-electron chi connectivity index (χ4n) is 2.64. The Labute approximate surface area is 177 Å². The SMILES string of the molecule is CCn1c(Oc2ccc(F)cc2)nnc1[C@@H](C)NS(=O)(=O)c1cccc(Cl)c1Cl. The number of aromatic nitrogens is 3. The monoisotopic (exact) mass is 458 g/mol. The minimum atomic E-state index is -3.97. The third-order valence-corrected chi connectivity index (χ3v) is 6.52. The lowest BCUT2D eigenvalue weighted by Crippen LogP contribution is -2.29. The molecule has 0 aliphatic rings. The highest BCUT2D eigenvalue weighted by atomic mass is 35.5. The van der Waals surface area contributed by atoms with E-state index >= 15 is 0 Å². The summed E-state index contributed by atoms with van der Waals surface area (Å²) in [6.45, 7) is 3.87. The van der Waals surface area contributed by atoms with Crippen molar-refractivity contribution in [2.24, 2.45) is 0 Å². The van der Waals surface area contributed by atoms with Crippen LogP contribution in [-0.2, 0) is 16.6 Å². The van der Waals surface area contributed by atoms with Gasteiger partial charge in [0, 0.05) is 6.54 Å². The molecule has 1 N–H and O–H groups in total. The van der Waals surface area contributed by atoms with E-state index in [1.165, 1.54) is 42.5 Å². The summed E-state index contributed by atoms with van der Waals surface area (Å²) >= 11 is 12.0. The van der Waals surface area contributed by atoms with Gasteiger partial charge < -0.3 is 4.74 Å². The number of nitrogens with zero attached hydrogens (tertiary/aromatic N) is 3. The molecule has 0 saturated carbocycles. The lowest BCUT2D eigenvalue weighted by atomic mass is 10.3. The number of sulfonamides is 1. The molecule has 1 aromatic heterocycles. The van der Waals surface area contributed by atoms with Crippen LogP contribution in [0.25, 0.3) is 0 Å². The summed E-state index contributed by atoms with van der Waals surface area (Å²) in [4.78, 5) is -0.135. The Kier molecular flexibility index (Phi) is 6.42. The Morgan fingerprint density at radius 1 is 1.17 bits per heavy atom. The van der Waals surface area contributed by atoms with E-state index < -0.39 is 21.9 Å². The lowest BCUT2D eigenvalue weighted by Gasteiger charge is -2.16. The van der Waals surface area contributed by atoms with Gasteiger partial charge >= 0.3 is 6.01 Å². The van der Waals surface area contributed by atoms with E-state index in [2.05, 4.69) is 14.9 Å². The molecule has 0 spiro atoms. The zero-order valence-corrected chi connectivity index (χ0v) is 17.8. The fraction of sp³-hybridized carbons (Fsp3) is 0.222. The van der Waals surface area contributed by atoms with Crippen molar-refractivity contribution in [3.05, 3.63) is 64.2 Å². The molecule has 2 aromatic carbocycles. The van der Waals surface area contributed by atoms with Gasteiger partial charge in [-0.15, -0.1) is 5.10 Å². The summed E-state index contributed by atoms with van der Waals surface area (Å²) in [5.41, 5.74) is 0. The van der Waals surface area contributed by atoms with E-state index in [9.17, 15) is 12.8 Å². The van der Waals surface area contributed by atoms with Crippen LogP contribution in [0.5, 0.6) is 11.8 Å². The zero-order valence-electron chi connectivity index (χ0n) is 15.4. The third-order valence-electron chi connectivity index (χ3n) is 4.01. The van der Waals surface area contributed by atoms with E-state index in [4.69, 9.17) is 27.9 Å². The van der Waals surface area contributed by atoms with Gasteiger partial charge in [0.05, 0.1) is 16.1 Å². The van der Waals surface area contributed by atoms with Gasteiger partial charge in [-0.3, -0.25) is 4.57 Å². The van der Waals surface area contributed by atoms with E-state index in [1.54, 1.807) is 11.5 Å². The van der Waals surface area contributed by atoms with Crippen LogP contribution in [-0.4, -0.2) is 23.2 Å². The molecule has 3 rings (SSSR count). The van der Waals surface area contributed by atoms with Gasteiger partial charge in [-0.25, -0.2) is 17.5 Å². The topological polar surface area (TPSA) is 86.1 Å². The molecule has 7 nitrogen and oxygen atoms in total. The van der Waals surface area contributed by atoms with Crippen molar-refractivity contribution in [2.45, 2.75) is 31.3 Å². The number of benzene rings is 2. The lowest BCUT2D eigenvalue weighted by molar-refractivity contribution is 0.407. The molecular weight excluding hydrogens is 442 g/mol. The van der Waals surface area contributed by atoms with Crippen LogP contribution in [0.4, 0.5) is 4.39 Å². The van der Waals surface area contributed by atoms with Crippen molar-refractivity contribution in [3.8, 4) is 11.8 Å². The molecule has 1 atom stereocenters. The largest absolute Gasteiger partial charge is 0.424 e. The molecule has 1 heterocycles. The average molecular weight is 459 g/mol. The molecule has 0 saturated heterocycles. The molecule has 0 radical (unpaired) electrons. The highest BCUT2D eigenvalue weighted by Crippen LogP contribution is 2.30. The summed E-state index contributed by atoms with van der Waals surface area (Å²) in [6, 6.07) is 9.19. The van der Waals surface area contributed by atoms with Crippen LogP contribution in [0.2, 0.25) is 10.0 Å². The zero-order chi connectivity index (χ0) is 21.2. The number of ether oxygens (including phenoxy) is 1. The Balaban J connectivity index is 1.85. The molecule has 0 amide bonds. The van der Waals surface area contributed by atoms with Gasteiger partial charge in [0.1, 0.15) is 16.5 Å². The first kappa shape index (κ1) is 21.5. The van der Waals surface area contributed by atoms with Crippen LogP contribution >= 0.6 is 23.2 Å². The summed E-state index contributed by atoms with van der Waals surface area (Å²) < 4.78 is 48.3. The van der Waals surface area contributed by atoms with Gasteiger partial charge in [0.25, 0.3) is 0 Å². The van der Waals surface area contributed by atoms with Crippen molar-refractivity contribution < 1.29 is 17.5 Å². The predicted octanol–water partition coefficient (Wildman–Crippen LogP) is 4.58. The molecule has 11 heteroatoms. The Morgan fingerprint density at radius 2 is 1.86 bits per heavy atom. The fourth-order valence-corrected chi connectivity index (χ4v) is 4.60. The van der Waals surface area contributed by atoms with Crippen LogP contribution in [0.3, 0.4) is 0 Å². The van der Waals surface area contributed by atoms with Crippen LogP contribution in [0.1, 0.15) is 25.7 Å². The maximum atomic E-state index is 13.1. The Morgan fingerprint density at radius 3 is 2.52 bits per heavy atom. The second-order valence-electron chi connectivity index (χ2n) is 6.04. The number of halogens is 3. The standard InChI is InChI=1S/C18H17Cl2FN4O3S/c1-3-25-17(22-23-18(25)28-13-9-7-12(21)8-10-13)11(2)24-29(26,27)15-6-4-5-14(19)16(15)20/h4-11,24H,3H2,1-2H3/t11-/m1/s1. The molecule has 154 valence electrons. The average Bonchev–Trinajstić information content (AvgIpc) is 3.08. The first-order valence-corrected chi connectivity index (χ1v) is 10.8. The second-order valence-corrected chi connectivity index (χ2v) is 8.50. The summed E-state index contributed by atoms with van der Waals surface area (Å²) in [6.07, 6.45) is 0. The van der Waals surface area contributed by atoms with E-state index in [0.29, 0.717) is 18.1 Å². The van der Waals surface area contributed by atoms with Crippen molar-refractivity contribution in [1.82, 2.24) is 19.5 Å². The van der Waals surface area contributed by atoms with Crippen LogP contribution < -0.4 is 9.46 Å². The Hall–Kier alpha value is -2.20. The van der Waals surface area contributed by atoms with Crippen molar-refractivity contribution in [3.63, 3.8) is 0 Å². The molecule has 0 fully saturated rings. The molecule has 0 bridgehead atoms. The van der Waals surface area contributed by atoms with Gasteiger partial charge in [0.2, 0.25) is 10.0 Å². The van der Waals surface area contributed by atoms with E-state index in [0.717, 1.165) is 0 Å². The smallest absolute Gasteiger partial charge is 0.322 e. The summed E-state index contributed by atoms with van der Waals surface area (Å²) in [7, 11) is -3.97. The molecule has 3 aromatic rings. The summed E-state index contributed by atoms with van der Waals surface area (Å²) in [5.74, 6) is 0.322. The van der Waals surface area contributed by atoms with Gasteiger partial charge in [-0.1, -0.05) is 34.4 Å². The minimum Gasteiger partial charge on any atom is -0.424 e. The van der Waals surface area contributed by atoms with Gasteiger partial charge in [0.15, 0.2) is 5.82 Å². The van der Waals surface area contributed by atoms with Crippen LogP contribution in [0, 0.1) is 5.82 Å². The first-order valence-electron chi connectivity index (χ1n) is 8.55.